The number of benzene rings is 2. The van der Waals surface area contributed by atoms with E-state index in [0.29, 0.717) is 36.7 Å². The van der Waals surface area contributed by atoms with E-state index in [4.69, 9.17) is 9.47 Å². The van der Waals surface area contributed by atoms with Gasteiger partial charge in [0.05, 0.1) is 18.2 Å². The van der Waals surface area contributed by atoms with Crippen LogP contribution in [0.3, 0.4) is 0 Å². The Balaban J connectivity index is 1.14. The number of hydrogen-bond acceptors (Lipinski definition) is 4. The fraction of sp³-hybridized carbons (Fsp3) is 0.444. The lowest BCUT2D eigenvalue weighted by molar-refractivity contribution is 0.243. The maximum absolute atomic E-state index is 13.9. The van der Waals surface area contributed by atoms with Gasteiger partial charge in [-0.15, -0.1) is 0 Å². The monoisotopic (exact) mass is 447 g/mol. The Kier molecular flexibility index (Phi) is 6.24. The number of aryl methyl sites for hydroxylation is 2. The number of nitrogens with zero attached hydrogens (tertiary/aromatic N) is 2. The van der Waals surface area contributed by atoms with Crippen molar-refractivity contribution in [2.45, 2.75) is 50.5 Å². The maximum atomic E-state index is 13.9. The largest absolute Gasteiger partial charge is 0.489 e. The summed E-state index contributed by atoms with van der Waals surface area (Å²) in [5.41, 5.74) is 4.17. The lowest BCUT2D eigenvalue weighted by Gasteiger charge is -2.29. The highest BCUT2D eigenvalue weighted by atomic mass is 19.1. The van der Waals surface area contributed by atoms with Crippen LogP contribution in [0.5, 0.6) is 11.5 Å². The zero-order chi connectivity index (χ0) is 22.8. The second-order valence-electron chi connectivity index (χ2n) is 9.23. The molecule has 6 heteroatoms. The summed E-state index contributed by atoms with van der Waals surface area (Å²) in [5, 5.41) is 14.1. The molecule has 2 aliphatic rings. The molecule has 0 amide bonds. The van der Waals surface area contributed by atoms with Crippen LogP contribution in [-0.4, -0.2) is 30.4 Å². The van der Waals surface area contributed by atoms with Crippen LogP contribution in [0.15, 0.2) is 36.5 Å². The highest BCUT2D eigenvalue weighted by Crippen LogP contribution is 2.38. The first-order chi connectivity index (χ1) is 16.1. The van der Waals surface area contributed by atoms with E-state index in [1.165, 1.54) is 22.5 Å². The Bertz CT molecular complexity index is 1190. The predicted molar refractivity (Wildman–Crippen MR) is 126 cm³/mol. The van der Waals surface area contributed by atoms with Crippen LogP contribution < -0.4 is 14.8 Å². The van der Waals surface area contributed by atoms with Gasteiger partial charge in [-0.2, -0.15) is 5.26 Å². The molecule has 2 heterocycles. The van der Waals surface area contributed by atoms with Crippen LogP contribution >= 0.6 is 0 Å². The number of fused-ring (bicyclic) bond motifs is 2. The van der Waals surface area contributed by atoms with Gasteiger partial charge < -0.3 is 19.4 Å². The summed E-state index contributed by atoms with van der Waals surface area (Å²) in [5.74, 6) is 1.48. The molecule has 0 bridgehead atoms. The number of halogens is 1. The van der Waals surface area contributed by atoms with Gasteiger partial charge in [0.1, 0.15) is 12.4 Å². The summed E-state index contributed by atoms with van der Waals surface area (Å²) in [6.07, 6.45) is 8.45. The number of rotatable bonds is 6. The van der Waals surface area contributed by atoms with Gasteiger partial charge in [0.25, 0.3) is 0 Å². The first-order valence-electron chi connectivity index (χ1n) is 11.9. The van der Waals surface area contributed by atoms with Gasteiger partial charge in [0, 0.05) is 48.4 Å². The van der Waals surface area contributed by atoms with Crippen molar-refractivity contribution in [3.8, 4) is 17.6 Å². The number of ether oxygens (including phenoxy) is 2. The van der Waals surface area contributed by atoms with Gasteiger partial charge in [0.2, 0.25) is 0 Å². The molecule has 0 radical (unpaired) electrons. The Morgan fingerprint density at radius 1 is 1.21 bits per heavy atom. The highest BCUT2D eigenvalue weighted by Gasteiger charge is 2.25. The molecular formula is C27H30FN3O2. The molecule has 0 unspecified atom stereocenters. The maximum Gasteiger partial charge on any atom is 0.164 e. The van der Waals surface area contributed by atoms with E-state index in [9.17, 15) is 9.65 Å². The molecule has 0 spiro atoms. The predicted octanol–water partition coefficient (Wildman–Crippen LogP) is 5.21. The van der Waals surface area contributed by atoms with E-state index in [-0.39, 0.29) is 5.82 Å². The third-order valence-electron chi connectivity index (χ3n) is 7.04. The fourth-order valence-electron chi connectivity index (χ4n) is 5.37. The van der Waals surface area contributed by atoms with E-state index in [0.717, 1.165) is 56.2 Å². The Morgan fingerprint density at radius 3 is 2.88 bits per heavy atom. The minimum Gasteiger partial charge on any atom is -0.489 e. The Hall–Kier alpha value is -3.04. The molecule has 5 nitrogen and oxygen atoms in total. The molecule has 0 atom stereocenters. The Labute approximate surface area is 194 Å². The second kappa shape index (κ2) is 9.44. The molecule has 0 saturated heterocycles. The number of nitriles is 1. The molecule has 3 aromatic rings. The highest BCUT2D eigenvalue weighted by molar-refractivity contribution is 5.85. The van der Waals surface area contributed by atoms with Crippen molar-refractivity contribution in [3.05, 3.63) is 59.0 Å². The summed E-state index contributed by atoms with van der Waals surface area (Å²) in [4.78, 5) is 0. The molecule has 1 saturated carbocycles. The summed E-state index contributed by atoms with van der Waals surface area (Å²) in [6, 6.07) is 11.7. The standard InChI is InChI=1S/C27H30FN3O2/c1-31-17-24(23-13-18(16-29)4-9-25(23)31)19-5-7-22(8-6-19)30-10-12-32-26-15-21(28)14-20-3-2-11-33-27(20)26/h4,9,13-15,17,19,22,30H,2-3,5-8,10-12H2,1H3. The lowest BCUT2D eigenvalue weighted by atomic mass is 9.81. The molecule has 1 fully saturated rings. The first-order valence-corrected chi connectivity index (χ1v) is 11.9. The normalized spacial score (nSPS) is 20.2. The summed E-state index contributed by atoms with van der Waals surface area (Å²) < 4.78 is 27.7. The quantitative estimate of drug-likeness (QED) is 0.527. The van der Waals surface area contributed by atoms with Crippen LogP contribution in [0.2, 0.25) is 0 Å². The van der Waals surface area contributed by atoms with Crippen molar-refractivity contribution in [1.29, 1.82) is 5.26 Å². The van der Waals surface area contributed by atoms with Crippen molar-refractivity contribution in [1.82, 2.24) is 9.88 Å². The second-order valence-corrected chi connectivity index (χ2v) is 9.23. The van der Waals surface area contributed by atoms with Crippen LogP contribution in [0.1, 0.15) is 54.7 Å². The minimum absolute atomic E-state index is 0.268. The molecular weight excluding hydrogens is 417 g/mol. The minimum atomic E-state index is -0.268. The number of hydrogen-bond donors (Lipinski definition) is 1. The fourth-order valence-corrected chi connectivity index (χ4v) is 5.37. The molecule has 1 aromatic heterocycles. The van der Waals surface area contributed by atoms with Crippen molar-refractivity contribution >= 4 is 10.9 Å². The van der Waals surface area contributed by atoms with E-state index < -0.39 is 0 Å². The summed E-state index contributed by atoms with van der Waals surface area (Å²) in [6.45, 7) is 1.87. The lowest BCUT2D eigenvalue weighted by Crippen LogP contribution is -2.35. The molecule has 33 heavy (non-hydrogen) atoms. The van der Waals surface area contributed by atoms with E-state index in [2.05, 4.69) is 29.2 Å². The van der Waals surface area contributed by atoms with Crippen molar-refractivity contribution in [2.24, 2.45) is 7.05 Å². The smallest absolute Gasteiger partial charge is 0.164 e. The topological polar surface area (TPSA) is 59.2 Å². The van der Waals surface area contributed by atoms with Crippen molar-refractivity contribution < 1.29 is 13.9 Å². The van der Waals surface area contributed by atoms with Gasteiger partial charge in [-0.3, -0.25) is 0 Å². The van der Waals surface area contributed by atoms with E-state index in [1.54, 1.807) is 6.07 Å². The van der Waals surface area contributed by atoms with Crippen LogP contribution in [0.4, 0.5) is 4.39 Å². The molecule has 172 valence electrons. The van der Waals surface area contributed by atoms with Crippen molar-refractivity contribution in [2.75, 3.05) is 19.8 Å². The summed E-state index contributed by atoms with van der Waals surface area (Å²) in [7, 11) is 2.08. The average molecular weight is 448 g/mol. The zero-order valence-corrected chi connectivity index (χ0v) is 19.1. The van der Waals surface area contributed by atoms with E-state index in [1.807, 2.05) is 18.2 Å². The molecule has 1 N–H and O–H groups in total. The zero-order valence-electron chi connectivity index (χ0n) is 19.1. The van der Waals surface area contributed by atoms with Gasteiger partial charge >= 0.3 is 0 Å². The SMILES string of the molecule is Cn1cc(C2CCC(NCCOc3cc(F)cc4c3OCCC4)CC2)c2cc(C#N)ccc21. The van der Waals surface area contributed by atoms with Gasteiger partial charge in [0.15, 0.2) is 11.5 Å². The van der Waals surface area contributed by atoms with Gasteiger partial charge in [-0.1, -0.05) is 0 Å². The summed E-state index contributed by atoms with van der Waals surface area (Å²) >= 11 is 0. The van der Waals surface area contributed by atoms with Crippen LogP contribution in [0.25, 0.3) is 10.9 Å². The van der Waals surface area contributed by atoms with Gasteiger partial charge in [-0.25, -0.2) is 4.39 Å². The first kappa shape index (κ1) is 21.8. The number of nitrogens with one attached hydrogen (secondary N) is 1. The van der Waals surface area contributed by atoms with E-state index >= 15 is 0 Å². The number of aromatic nitrogens is 1. The molecule has 1 aliphatic heterocycles. The Morgan fingerprint density at radius 2 is 2.06 bits per heavy atom. The molecule has 1 aliphatic carbocycles. The van der Waals surface area contributed by atoms with Crippen LogP contribution in [0, 0.1) is 17.1 Å². The van der Waals surface area contributed by atoms with Crippen molar-refractivity contribution in [3.63, 3.8) is 0 Å². The molecule has 5 rings (SSSR count). The molecule has 2 aromatic carbocycles. The van der Waals surface area contributed by atoms with Gasteiger partial charge in [-0.05, 0) is 74.3 Å². The third kappa shape index (κ3) is 4.56. The average Bonchev–Trinajstić information content (AvgIpc) is 3.17. The van der Waals surface area contributed by atoms with Crippen LogP contribution in [-0.2, 0) is 13.5 Å². The third-order valence-corrected chi connectivity index (χ3v) is 7.04.